The van der Waals surface area contributed by atoms with Gasteiger partial charge in [-0.05, 0) is 56.2 Å². The van der Waals surface area contributed by atoms with Crippen LogP contribution in [0.5, 0.6) is 5.75 Å². The molecule has 1 aliphatic heterocycles. The third kappa shape index (κ3) is 5.86. The quantitative estimate of drug-likeness (QED) is 0.256. The number of carbonyl (C=O) groups excluding carboxylic acids is 2. The molecular weight excluding hydrogens is 488 g/mol. The number of fused-ring (bicyclic) bond motifs is 1. The number of hydrogen-bond acceptors (Lipinski definition) is 6. The number of aromatic nitrogens is 1. The summed E-state index contributed by atoms with van der Waals surface area (Å²) >= 11 is 0. The predicted molar refractivity (Wildman–Crippen MR) is 141 cm³/mol. The molecule has 3 aromatic rings. The second-order valence-electron chi connectivity index (χ2n) is 9.47. The van der Waals surface area contributed by atoms with Crippen LogP contribution >= 0.6 is 0 Å². The maximum absolute atomic E-state index is 13.2. The average molecular weight is 521 g/mol. The van der Waals surface area contributed by atoms with Crippen LogP contribution in [-0.4, -0.2) is 50.7 Å². The summed E-state index contributed by atoms with van der Waals surface area (Å²) in [5, 5.41) is 22.8. The molecule has 2 unspecified atom stereocenters. The summed E-state index contributed by atoms with van der Waals surface area (Å²) in [5.74, 6) is -2.36. The molecule has 2 heterocycles. The number of pyridine rings is 1. The highest BCUT2D eigenvalue weighted by molar-refractivity contribution is 5.96. The van der Waals surface area contributed by atoms with E-state index in [0.29, 0.717) is 30.9 Å². The molecule has 2 aromatic carbocycles. The fourth-order valence-corrected chi connectivity index (χ4v) is 5.23. The van der Waals surface area contributed by atoms with Gasteiger partial charge in [0, 0.05) is 34.9 Å². The van der Waals surface area contributed by atoms with Crippen molar-refractivity contribution in [1.82, 2.24) is 15.4 Å². The Bertz CT molecular complexity index is 1310. The van der Waals surface area contributed by atoms with Crippen molar-refractivity contribution in [3.8, 4) is 5.75 Å². The summed E-state index contributed by atoms with van der Waals surface area (Å²) in [6, 6.07) is 16.1. The van der Waals surface area contributed by atoms with E-state index in [4.69, 9.17) is 4.74 Å². The number of carboxylic acid groups (broad SMARTS) is 1. The lowest BCUT2D eigenvalue weighted by atomic mass is 9.77. The second kappa shape index (κ2) is 11.9. The number of likely N-dealkylation sites (tertiary alicyclic amines) is 1. The molecule has 4 N–H and O–H groups in total. The van der Waals surface area contributed by atoms with Crippen molar-refractivity contribution in [2.45, 2.75) is 45.8 Å². The largest absolute Gasteiger partial charge is 0.489 e. The minimum atomic E-state index is -1.15. The molecule has 0 saturated carbocycles. The van der Waals surface area contributed by atoms with E-state index in [1.54, 1.807) is 29.7 Å². The van der Waals surface area contributed by atoms with Gasteiger partial charge in [0.1, 0.15) is 12.4 Å². The van der Waals surface area contributed by atoms with Crippen molar-refractivity contribution in [1.29, 1.82) is 0 Å². The van der Waals surface area contributed by atoms with Crippen LogP contribution in [0.4, 0.5) is 10.5 Å². The van der Waals surface area contributed by atoms with Crippen LogP contribution < -0.4 is 15.5 Å². The third-order valence-corrected chi connectivity index (χ3v) is 6.96. The van der Waals surface area contributed by atoms with Crippen molar-refractivity contribution in [3.63, 3.8) is 0 Å². The number of piperidine rings is 1. The number of nitrogens with zero attached hydrogens (tertiary/aromatic N) is 2. The molecule has 3 amide bonds. The van der Waals surface area contributed by atoms with Gasteiger partial charge in [0.05, 0.1) is 17.4 Å². The number of nitrogens with one attached hydrogen (secondary N) is 2. The van der Waals surface area contributed by atoms with Crippen molar-refractivity contribution < 1.29 is 29.4 Å². The van der Waals surface area contributed by atoms with Crippen LogP contribution in [0.1, 0.15) is 37.4 Å². The normalized spacial score (nSPS) is 19.1. The minimum Gasteiger partial charge on any atom is -0.489 e. The van der Waals surface area contributed by atoms with Gasteiger partial charge in [-0.15, -0.1) is 0 Å². The van der Waals surface area contributed by atoms with Crippen molar-refractivity contribution in [3.05, 3.63) is 65.9 Å². The summed E-state index contributed by atoms with van der Waals surface area (Å²) in [6.45, 7) is 4.30. The van der Waals surface area contributed by atoms with E-state index < -0.39 is 35.8 Å². The number of carbonyl (C=O) groups is 3. The van der Waals surface area contributed by atoms with Gasteiger partial charge in [0.2, 0.25) is 11.8 Å². The predicted octanol–water partition coefficient (Wildman–Crippen LogP) is 4.35. The molecule has 200 valence electrons. The maximum Gasteiger partial charge on any atom is 0.407 e. The molecule has 0 spiro atoms. The van der Waals surface area contributed by atoms with Gasteiger partial charge in [-0.2, -0.15) is 0 Å². The highest BCUT2D eigenvalue weighted by atomic mass is 16.5. The number of ether oxygens (including phenoxy) is 1. The SMILES string of the molecule is CCCC1[C@H](C(=O)NO)C(C(=O)Nc2ccc(OCc3cc(C)nc4ccccc34)cc2)CCN1C(=O)O. The van der Waals surface area contributed by atoms with E-state index >= 15 is 0 Å². The lowest BCUT2D eigenvalue weighted by Crippen LogP contribution is -2.57. The third-order valence-electron chi connectivity index (χ3n) is 6.96. The van der Waals surface area contributed by atoms with Gasteiger partial charge < -0.3 is 20.1 Å². The fourth-order valence-electron chi connectivity index (χ4n) is 5.23. The van der Waals surface area contributed by atoms with Crippen molar-refractivity contribution >= 4 is 34.5 Å². The Morgan fingerprint density at radius 1 is 1.11 bits per heavy atom. The molecule has 38 heavy (non-hydrogen) atoms. The zero-order valence-electron chi connectivity index (χ0n) is 21.4. The highest BCUT2D eigenvalue weighted by Gasteiger charge is 2.46. The maximum atomic E-state index is 13.2. The van der Waals surface area contributed by atoms with E-state index in [1.807, 2.05) is 44.2 Å². The van der Waals surface area contributed by atoms with E-state index in [0.717, 1.165) is 22.2 Å². The van der Waals surface area contributed by atoms with Crippen LogP contribution in [0.2, 0.25) is 0 Å². The highest BCUT2D eigenvalue weighted by Crippen LogP contribution is 2.33. The van der Waals surface area contributed by atoms with Crippen molar-refractivity contribution in [2.75, 3.05) is 11.9 Å². The zero-order chi connectivity index (χ0) is 27.2. The lowest BCUT2D eigenvalue weighted by Gasteiger charge is -2.42. The molecule has 4 rings (SSSR count). The monoisotopic (exact) mass is 520 g/mol. The Morgan fingerprint density at radius 3 is 2.53 bits per heavy atom. The molecular formula is C28H32N4O6. The summed E-state index contributed by atoms with van der Waals surface area (Å²) in [6.07, 6.45) is 0.0288. The summed E-state index contributed by atoms with van der Waals surface area (Å²) in [5.41, 5.74) is 4.98. The van der Waals surface area contributed by atoms with Crippen LogP contribution in [0.15, 0.2) is 54.6 Å². The Morgan fingerprint density at radius 2 is 1.84 bits per heavy atom. The summed E-state index contributed by atoms with van der Waals surface area (Å²) < 4.78 is 5.99. The standard InChI is InChI=1S/C28H32N4O6/c1-3-6-24-25(27(34)31-37)22(13-14-32(24)28(35)36)26(33)30-19-9-11-20(12-10-19)38-16-18-15-17(2)29-23-8-5-4-7-21(18)23/h4-5,7-12,15,22,24-25,37H,3,6,13-14,16H2,1-2H3,(H,30,33)(H,31,34)(H,35,36)/t22?,24?,25-/m1/s1. The van der Waals surface area contributed by atoms with Crippen molar-refractivity contribution in [2.24, 2.45) is 11.8 Å². The van der Waals surface area contributed by atoms with Crippen LogP contribution in [0.3, 0.4) is 0 Å². The molecule has 0 aliphatic carbocycles. The minimum absolute atomic E-state index is 0.128. The smallest absolute Gasteiger partial charge is 0.407 e. The van der Waals surface area contributed by atoms with Gasteiger partial charge in [0.15, 0.2) is 0 Å². The number of anilines is 1. The van der Waals surface area contributed by atoms with Gasteiger partial charge >= 0.3 is 6.09 Å². The molecule has 1 fully saturated rings. The topological polar surface area (TPSA) is 141 Å². The average Bonchev–Trinajstić information content (AvgIpc) is 2.91. The number of benzene rings is 2. The van der Waals surface area contributed by atoms with E-state index in [9.17, 15) is 24.7 Å². The number of para-hydroxylation sites is 1. The molecule has 10 heteroatoms. The first-order valence-corrected chi connectivity index (χ1v) is 12.6. The number of aryl methyl sites for hydroxylation is 1. The number of rotatable bonds is 8. The van der Waals surface area contributed by atoms with Crippen LogP contribution in [0.25, 0.3) is 10.9 Å². The summed E-state index contributed by atoms with van der Waals surface area (Å²) in [4.78, 5) is 43.2. The first-order valence-electron chi connectivity index (χ1n) is 12.6. The number of hydroxylamine groups is 1. The Balaban J connectivity index is 1.44. The molecule has 1 aliphatic rings. The van der Waals surface area contributed by atoms with Gasteiger partial charge in [-0.25, -0.2) is 10.3 Å². The molecule has 1 aromatic heterocycles. The summed E-state index contributed by atoms with van der Waals surface area (Å²) in [7, 11) is 0. The Labute approximate surface area is 220 Å². The molecule has 1 saturated heterocycles. The zero-order valence-corrected chi connectivity index (χ0v) is 21.4. The van der Waals surface area contributed by atoms with Gasteiger partial charge in [0.25, 0.3) is 0 Å². The molecule has 0 radical (unpaired) electrons. The molecule has 10 nitrogen and oxygen atoms in total. The number of amides is 3. The van der Waals surface area contributed by atoms with Crippen LogP contribution in [-0.2, 0) is 16.2 Å². The van der Waals surface area contributed by atoms with Gasteiger partial charge in [-0.1, -0.05) is 31.5 Å². The first kappa shape index (κ1) is 26.9. The van der Waals surface area contributed by atoms with Gasteiger partial charge in [-0.3, -0.25) is 19.8 Å². The fraction of sp³-hybridized carbons (Fsp3) is 0.357. The van der Waals surface area contributed by atoms with E-state index in [2.05, 4.69) is 10.3 Å². The Kier molecular flexibility index (Phi) is 8.42. The number of hydrogen-bond donors (Lipinski definition) is 4. The van der Waals surface area contributed by atoms with Crippen LogP contribution in [0, 0.1) is 18.8 Å². The Hall–Kier alpha value is -4.18. The second-order valence-corrected chi connectivity index (χ2v) is 9.47. The first-order chi connectivity index (χ1) is 18.3. The lowest BCUT2D eigenvalue weighted by molar-refractivity contribution is -0.144. The molecule has 3 atom stereocenters. The van der Waals surface area contributed by atoms with E-state index in [1.165, 1.54) is 4.90 Å². The van der Waals surface area contributed by atoms with E-state index in [-0.39, 0.29) is 13.0 Å². The molecule has 0 bridgehead atoms.